The Morgan fingerprint density at radius 2 is 2.56 bits per heavy atom. The van der Waals surface area contributed by atoms with Crippen molar-refractivity contribution in [3.8, 4) is 0 Å². The Balaban J connectivity index is 2.04. The van der Waals surface area contributed by atoms with Gasteiger partial charge in [-0.05, 0) is 12.2 Å². The van der Waals surface area contributed by atoms with Crippen LogP contribution in [0.4, 0.5) is 0 Å². The van der Waals surface area contributed by atoms with Gasteiger partial charge in [0.05, 0.1) is 12.3 Å². The average Bonchev–Trinajstić information content (AvgIpc) is 2.45. The summed E-state index contributed by atoms with van der Waals surface area (Å²) in [5.74, 6) is 2.47. The fraction of sp³-hybridized carbons (Fsp3) is 1.00. The molecular formula is C6H11NOS. The van der Waals surface area contributed by atoms with Crippen LogP contribution in [0.1, 0.15) is 6.42 Å². The number of rotatable bonds is 0. The van der Waals surface area contributed by atoms with Crippen LogP contribution >= 0.6 is 11.8 Å². The van der Waals surface area contributed by atoms with Crippen molar-refractivity contribution in [2.75, 3.05) is 24.8 Å². The van der Waals surface area contributed by atoms with Crippen LogP contribution in [-0.2, 0) is 4.74 Å². The molecular weight excluding hydrogens is 134 g/mol. The number of hydrogen-bond acceptors (Lipinski definition) is 3. The topological polar surface area (TPSA) is 21.3 Å². The lowest BCUT2D eigenvalue weighted by Crippen LogP contribution is -2.32. The molecule has 1 unspecified atom stereocenters. The van der Waals surface area contributed by atoms with Crippen LogP contribution in [0.2, 0.25) is 0 Å². The minimum Gasteiger partial charge on any atom is -0.358 e. The Morgan fingerprint density at radius 3 is 3.11 bits per heavy atom. The Labute approximate surface area is 59.3 Å². The van der Waals surface area contributed by atoms with E-state index in [-0.39, 0.29) is 5.60 Å². The zero-order valence-electron chi connectivity index (χ0n) is 5.35. The highest BCUT2D eigenvalue weighted by Crippen LogP contribution is 2.32. The normalized spacial score (nSPS) is 42.7. The van der Waals surface area contributed by atoms with Crippen molar-refractivity contribution in [1.82, 2.24) is 5.32 Å². The van der Waals surface area contributed by atoms with E-state index in [2.05, 4.69) is 5.32 Å². The first-order valence-corrected chi connectivity index (χ1v) is 4.49. The molecule has 0 aromatic rings. The van der Waals surface area contributed by atoms with Gasteiger partial charge in [0.1, 0.15) is 0 Å². The highest BCUT2D eigenvalue weighted by atomic mass is 32.2. The molecule has 0 saturated carbocycles. The highest BCUT2D eigenvalue weighted by Gasteiger charge is 2.38. The largest absolute Gasteiger partial charge is 0.358 e. The second-order valence-electron chi connectivity index (χ2n) is 2.70. The molecule has 2 fully saturated rings. The lowest BCUT2D eigenvalue weighted by molar-refractivity contribution is 0.0332. The summed E-state index contributed by atoms with van der Waals surface area (Å²) in [6.45, 7) is 1.83. The minimum absolute atomic E-state index is 0.241. The van der Waals surface area contributed by atoms with Gasteiger partial charge in [-0.15, -0.1) is 0 Å². The summed E-state index contributed by atoms with van der Waals surface area (Å²) < 4.78 is 5.57. The summed E-state index contributed by atoms with van der Waals surface area (Å²) >= 11 is 2.01. The van der Waals surface area contributed by atoms with Crippen LogP contribution in [0, 0.1) is 0 Å². The van der Waals surface area contributed by atoms with E-state index in [9.17, 15) is 0 Å². The van der Waals surface area contributed by atoms with Crippen LogP contribution in [0.5, 0.6) is 0 Å². The Kier molecular flexibility index (Phi) is 1.43. The van der Waals surface area contributed by atoms with Gasteiger partial charge in [0.2, 0.25) is 0 Å². The fourth-order valence-electron chi connectivity index (χ4n) is 1.38. The molecule has 2 saturated heterocycles. The molecule has 2 heterocycles. The van der Waals surface area contributed by atoms with Crippen LogP contribution in [0.25, 0.3) is 0 Å². The number of nitrogens with one attached hydrogen (secondary N) is 1. The van der Waals surface area contributed by atoms with E-state index in [4.69, 9.17) is 4.74 Å². The monoisotopic (exact) mass is 145 g/mol. The summed E-state index contributed by atoms with van der Waals surface area (Å²) in [5, 5.41) is 3.22. The maximum absolute atomic E-state index is 5.57. The lowest BCUT2D eigenvalue weighted by Gasteiger charge is -2.18. The third-order valence-electron chi connectivity index (χ3n) is 1.99. The molecule has 2 aliphatic heterocycles. The molecule has 2 nitrogen and oxygen atoms in total. The van der Waals surface area contributed by atoms with E-state index in [0.717, 1.165) is 13.3 Å². The standard InChI is InChI=1S/C6H11NOS/c1-2-9-4-6(1)3-7-5-8-6/h7H,1-5H2. The number of ether oxygens (including phenoxy) is 1. The van der Waals surface area contributed by atoms with Gasteiger partial charge in [0.25, 0.3) is 0 Å². The molecule has 1 N–H and O–H groups in total. The quantitative estimate of drug-likeness (QED) is 0.534. The third kappa shape index (κ3) is 0.974. The average molecular weight is 145 g/mol. The van der Waals surface area contributed by atoms with Crippen molar-refractivity contribution in [3.05, 3.63) is 0 Å². The first-order chi connectivity index (χ1) is 4.41. The van der Waals surface area contributed by atoms with Crippen LogP contribution in [0.15, 0.2) is 0 Å². The molecule has 9 heavy (non-hydrogen) atoms. The maximum Gasteiger partial charge on any atom is 0.0974 e. The summed E-state index contributed by atoms with van der Waals surface area (Å²) in [5.41, 5.74) is 0.241. The number of hydrogen-bond donors (Lipinski definition) is 1. The summed E-state index contributed by atoms with van der Waals surface area (Å²) in [7, 11) is 0. The number of thioether (sulfide) groups is 1. The lowest BCUT2D eigenvalue weighted by atomic mass is 10.1. The maximum atomic E-state index is 5.57. The minimum atomic E-state index is 0.241. The van der Waals surface area contributed by atoms with E-state index >= 15 is 0 Å². The van der Waals surface area contributed by atoms with Gasteiger partial charge < -0.3 is 4.74 Å². The molecule has 52 valence electrons. The molecule has 0 bridgehead atoms. The first-order valence-electron chi connectivity index (χ1n) is 3.34. The van der Waals surface area contributed by atoms with Gasteiger partial charge in [0, 0.05) is 12.3 Å². The van der Waals surface area contributed by atoms with Crippen molar-refractivity contribution in [2.24, 2.45) is 0 Å². The summed E-state index contributed by atoms with van der Waals surface area (Å²) in [4.78, 5) is 0. The molecule has 1 spiro atoms. The van der Waals surface area contributed by atoms with Crippen LogP contribution in [-0.4, -0.2) is 30.4 Å². The van der Waals surface area contributed by atoms with E-state index in [0.29, 0.717) is 0 Å². The first kappa shape index (κ1) is 6.01. The van der Waals surface area contributed by atoms with Crippen molar-refractivity contribution >= 4 is 11.8 Å². The van der Waals surface area contributed by atoms with Crippen LogP contribution in [0.3, 0.4) is 0 Å². The Bertz CT molecular complexity index is 88.1. The second kappa shape index (κ2) is 2.15. The molecule has 1 atom stereocenters. The van der Waals surface area contributed by atoms with Crippen molar-refractivity contribution < 1.29 is 4.74 Å². The molecule has 2 rings (SSSR count). The Hall–Kier alpha value is 0.270. The van der Waals surface area contributed by atoms with Crippen LogP contribution < -0.4 is 5.32 Å². The Morgan fingerprint density at radius 1 is 1.56 bits per heavy atom. The van der Waals surface area contributed by atoms with Crippen molar-refractivity contribution in [2.45, 2.75) is 12.0 Å². The van der Waals surface area contributed by atoms with E-state index in [1.807, 2.05) is 11.8 Å². The summed E-state index contributed by atoms with van der Waals surface area (Å²) in [6, 6.07) is 0. The van der Waals surface area contributed by atoms with E-state index in [1.165, 1.54) is 17.9 Å². The molecule has 0 aliphatic carbocycles. The molecule has 2 aliphatic rings. The SMILES string of the molecule is C1NCC2(CCSC2)O1. The van der Waals surface area contributed by atoms with Gasteiger partial charge >= 0.3 is 0 Å². The van der Waals surface area contributed by atoms with Gasteiger partial charge in [-0.25, -0.2) is 0 Å². The van der Waals surface area contributed by atoms with E-state index in [1.54, 1.807) is 0 Å². The predicted octanol–water partition coefficient (Wildman–Crippen LogP) is 0.439. The van der Waals surface area contributed by atoms with Gasteiger partial charge in [-0.2, -0.15) is 11.8 Å². The van der Waals surface area contributed by atoms with Gasteiger partial charge in [0.15, 0.2) is 0 Å². The molecule has 0 aromatic heterocycles. The van der Waals surface area contributed by atoms with Gasteiger partial charge in [-0.3, -0.25) is 5.32 Å². The molecule has 0 radical (unpaired) electrons. The zero-order valence-corrected chi connectivity index (χ0v) is 6.17. The van der Waals surface area contributed by atoms with Crippen molar-refractivity contribution in [3.63, 3.8) is 0 Å². The van der Waals surface area contributed by atoms with Gasteiger partial charge in [-0.1, -0.05) is 0 Å². The summed E-state index contributed by atoms with van der Waals surface area (Å²) in [6.07, 6.45) is 1.24. The molecule has 3 heteroatoms. The van der Waals surface area contributed by atoms with Crippen molar-refractivity contribution in [1.29, 1.82) is 0 Å². The highest BCUT2D eigenvalue weighted by molar-refractivity contribution is 7.99. The third-order valence-corrected chi connectivity index (χ3v) is 3.22. The second-order valence-corrected chi connectivity index (χ2v) is 3.81. The molecule has 0 amide bonds. The fourth-order valence-corrected chi connectivity index (χ4v) is 2.74. The smallest absolute Gasteiger partial charge is 0.0974 e. The zero-order chi connectivity index (χ0) is 6.16. The molecule has 0 aromatic carbocycles. The van der Waals surface area contributed by atoms with E-state index < -0.39 is 0 Å². The predicted molar refractivity (Wildman–Crippen MR) is 38.6 cm³/mol.